The van der Waals surface area contributed by atoms with Crippen LogP contribution in [0.1, 0.15) is 22.9 Å². The van der Waals surface area contributed by atoms with E-state index in [1.165, 1.54) is 25.3 Å². The molecule has 0 aliphatic heterocycles. The maximum Gasteiger partial charge on any atom is 0.164 e. The first-order chi connectivity index (χ1) is 9.04. The average Bonchev–Trinajstić information content (AvgIpc) is 2.41. The van der Waals surface area contributed by atoms with Crippen molar-refractivity contribution in [3.05, 3.63) is 63.9 Å². The third-order valence-electron chi connectivity index (χ3n) is 2.83. The molecule has 0 saturated heterocycles. The number of aromatic nitrogens is 1. The van der Waals surface area contributed by atoms with Crippen LogP contribution in [0.5, 0.6) is 0 Å². The quantitative estimate of drug-likeness (QED) is 0.673. The van der Waals surface area contributed by atoms with Crippen molar-refractivity contribution in [2.24, 2.45) is 5.84 Å². The number of aryl methyl sites for hydroxylation is 1. The molecule has 0 aliphatic carbocycles. The number of hydrogen-bond acceptors (Lipinski definition) is 3. The molecule has 0 amide bonds. The number of hydrazine groups is 1. The highest BCUT2D eigenvalue weighted by Crippen LogP contribution is 2.26. The van der Waals surface area contributed by atoms with Gasteiger partial charge in [0.1, 0.15) is 0 Å². The average molecular weight is 284 g/mol. The van der Waals surface area contributed by atoms with Gasteiger partial charge in [-0.25, -0.2) is 14.2 Å². The third kappa shape index (κ3) is 2.73. The maximum atomic E-state index is 13.9. The lowest BCUT2D eigenvalue weighted by atomic mass is 10.0. The van der Waals surface area contributed by atoms with Crippen LogP contribution < -0.4 is 11.3 Å². The summed E-state index contributed by atoms with van der Waals surface area (Å²) in [5.41, 5.74) is 3.22. The molecule has 0 spiro atoms. The fraction of sp³-hybridized carbons (Fsp3) is 0.154. The fourth-order valence-electron chi connectivity index (χ4n) is 1.78. The molecule has 0 saturated carbocycles. The van der Waals surface area contributed by atoms with Crippen molar-refractivity contribution >= 4 is 11.6 Å². The highest BCUT2D eigenvalue weighted by molar-refractivity contribution is 6.30. The lowest BCUT2D eigenvalue weighted by Crippen LogP contribution is -2.30. The van der Waals surface area contributed by atoms with Gasteiger partial charge >= 0.3 is 0 Å². The van der Waals surface area contributed by atoms with Crippen LogP contribution in [0, 0.1) is 18.6 Å². The van der Waals surface area contributed by atoms with E-state index in [9.17, 15) is 8.78 Å². The largest absolute Gasteiger partial charge is 0.271 e. The number of hydrogen-bond donors (Lipinski definition) is 2. The van der Waals surface area contributed by atoms with Crippen LogP contribution >= 0.6 is 11.6 Å². The Bertz CT molecular complexity index is 587. The molecule has 19 heavy (non-hydrogen) atoms. The van der Waals surface area contributed by atoms with E-state index >= 15 is 0 Å². The summed E-state index contributed by atoms with van der Waals surface area (Å²) in [6, 6.07) is 5.44. The Hall–Kier alpha value is -1.56. The van der Waals surface area contributed by atoms with E-state index in [1.807, 2.05) is 0 Å². The molecular weight excluding hydrogens is 272 g/mol. The zero-order chi connectivity index (χ0) is 14.0. The molecule has 1 atom stereocenters. The van der Waals surface area contributed by atoms with Gasteiger partial charge in [0.2, 0.25) is 0 Å². The van der Waals surface area contributed by atoms with Crippen LogP contribution in [0.4, 0.5) is 8.78 Å². The zero-order valence-electron chi connectivity index (χ0n) is 10.1. The standard InChI is InChI=1S/C13H12ClF2N3/c1-7-2-4-9(12(16)11(7)15)13(19-17)10-5-3-8(14)6-18-10/h2-6,13,19H,17H2,1H3. The normalized spacial score (nSPS) is 12.5. The minimum Gasteiger partial charge on any atom is -0.271 e. The maximum absolute atomic E-state index is 13.9. The number of nitrogens with two attached hydrogens (primary N) is 1. The molecule has 0 aliphatic rings. The van der Waals surface area contributed by atoms with Gasteiger partial charge in [-0.2, -0.15) is 0 Å². The second kappa shape index (κ2) is 5.61. The molecule has 0 bridgehead atoms. The predicted octanol–water partition coefficient (Wildman–Crippen LogP) is 2.87. The van der Waals surface area contributed by atoms with E-state index in [0.717, 1.165) is 0 Å². The van der Waals surface area contributed by atoms with Crippen LogP contribution in [0.15, 0.2) is 30.5 Å². The van der Waals surface area contributed by atoms with Crippen molar-refractivity contribution in [2.45, 2.75) is 13.0 Å². The minimum atomic E-state index is -0.931. The number of halogens is 3. The topological polar surface area (TPSA) is 50.9 Å². The summed E-state index contributed by atoms with van der Waals surface area (Å²) in [6.07, 6.45) is 1.42. The van der Waals surface area contributed by atoms with Crippen molar-refractivity contribution in [2.75, 3.05) is 0 Å². The number of pyridine rings is 1. The first kappa shape index (κ1) is 13.9. The summed E-state index contributed by atoms with van der Waals surface area (Å²) in [5, 5.41) is 0.454. The zero-order valence-corrected chi connectivity index (χ0v) is 10.9. The van der Waals surface area contributed by atoms with Crippen molar-refractivity contribution in [1.29, 1.82) is 0 Å². The van der Waals surface area contributed by atoms with E-state index in [2.05, 4.69) is 10.4 Å². The molecule has 6 heteroatoms. The molecule has 3 N–H and O–H groups in total. The molecule has 1 aromatic heterocycles. The number of nitrogens with zero attached hydrogens (tertiary/aromatic N) is 1. The minimum absolute atomic E-state index is 0.0976. The van der Waals surface area contributed by atoms with Gasteiger partial charge in [0, 0.05) is 11.8 Å². The molecule has 2 aromatic rings. The van der Waals surface area contributed by atoms with E-state index in [1.54, 1.807) is 12.1 Å². The SMILES string of the molecule is Cc1ccc(C(NN)c2ccc(Cl)cn2)c(F)c1F. The van der Waals surface area contributed by atoms with Crippen LogP contribution in [-0.2, 0) is 0 Å². The van der Waals surface area contributed by atoms with Gasteiger partial charge < -0.3 is 0 Å². The molecule has 0 fully saturated rings. The number of rotatable bonds is 3. The van der Waals surface area contributed by atoms with Crippen LogP contribution in [0.3, 0.4) is 0 Å². The lowest BCUT2D eigenvalue weighted by Gasteiger charge is -2.17. The first-order valence-electron chi connectivity index (χ1n) is 5.56. The van der Waals surface area contributed by atoms with Crippen LogP contribution in [0.25, 0.3) is 0 Å². The van der Waals surface area contributed by atoms with Gasteiger partial charge in [0.25, 0.3) is 0 Å². The van der Waals surface area contributed by atoms with Crippen molar-refractivity contribution < 1.29 is 8.78 Å². The molecule has 1 unspecified atom stereocenters. The molecule has 2 rings (SSSR count). The van der Waals surface area contributed by atoms with Crippen molar-refractivity contribution in [3.63, 3.8) is 0 Å². The second-order valence-corrected chi connectivity index (χ2v) is 4.54. The number of benzene rings is 1. The van der Waals surface area contributed by atoms with Gasteiger partial charge in [-0.05, 0) is 24.6 Å². The van der Waals surface area contributed by atoms with Gasteiger partial charge in [0.05, 0.1) is 16.8 Å². The lowest BCUT2D eigenvalue weighted by molar-refractivity contribution is 0.476. The Balaban J connectivity index is 2.48. The van der Waals surface area contributed by atoms with Gasteiger partial charge in [-0.1, -0.05) is 23.7 Å². The van der Waals surface area contributed by atoms with Crippen LogP contribution in [-0.4, -0.2) is 4.98 Å². The molecule has 0 radical (unpaired) electrons. The first-order valence-corrected chi connectivity index (χ1v) is 5.94. The van der Waals surface area contributed by atoms with Gasteiger partial charge in [-0.3, -0.25) is 10.8 Å². The Kier molecular flexibility index (Phi) is 4.09. The fourth-order valence-corrected chi connectivity index (χ4v) is 1.89. The predicted molar refractivity (Wildman–Crippen MR) is 69.5 cm³/mol. The molecule has 100 valence electrons. The summed E-state index contributed by atoms with van der Waals surface area (Å²) in [6.45, 7) is 1.49. The Labute approximate surface area is 114 Å². The second-order valence-electron chi connectivity index (χ2n) is 4.10. The van der Waals surface area contributed by atoms with Gasteiger partial charge in [0.15, 0.2) is 11.6 Å². The third-order valence-corrected chi connectivity index (χ3v) is 3.05. The highest BCUT2D eigenvalue weighted by atomic mass is 35.5. The molecule has 1 heterocycles. The molecule has 1 aromatic carbocycles. The summed E-state index contributed by atoms with van der Waals surface area (Å²) >= 11 is 5.73. The molecule has 3 nitrogen and oxygen atoms in total. The van der Waals surface area contributed by atoms with Crippen LogP contribution in [0.2, 0.25) is 5.02 Å². The summed E-state index contributed by atoms with van der Waals surface area (Å²) < 4.78 is 27.5. The van der Waals surface area contributed by atoms with E-state index in [-0.39, 0.29) is 11.1 Å². The van der Waals surface area contributed by atoms with E-state index in [0.29, 0.717) is 10.7 Å². The monoisotopic (exact) mass is 283 g/mol. The Morgan fingerprint density at radius 1 is 1.21 bits per heavy atom. The molecular formula is C13H12ClF2N3. The number of nitrogens with one attached hydrogen (secondary N) is 1. The Morgan fingerprint density at radius 3 is 2.53 bits per heavy atom. The smallest absolute Gasteiger partial charge is 0.164 e. The Morgan fingerprint density at radius 2 is 1.95 bits per heavy atom. The van der Waals surface area contributed by atoms with Crippen molar-refractivity contribution in [1.82, 2.24) is 10.4 Å². The van der Waals surface area contributed by atoms with Gasteiger partial charge in [-0.15, -0.1) is 0 Å². The van der Waals surface area contributed by atoms with Crippen molar-refractivity contribution in [3.8, 4) is 0 Å². The summed E-state index contributed by atoms with van der Waals surface area (Å²) in [4.78, 5) is 4.06. The van der Waals surface area contributed by atoms with E-state index in [4.69, 9.17) is 17.4 Å². The van der Waals surface area contributed by atoms with E-state index < -0.39 is 17.7 Å². The summed E-state index contributed by atoms with van der Waals surface area (Å²) in [5.74, 6) is 3.61. The summed E-state index contributed by atoms with van der Waals surface area (Å²) in [7, 11) is 0. The highest BCUT2D eigenvalue weighted by Gasteiger charge is 2.21.